The van der Waals surface area contributed by atoms with E-state index in [9.17, 15) is 14.3 Å². The van der Waals surface area contributed by atoms with Crippen molar-refractivity contribution in [2.24, 2.45) is 0 Å². The van der Waals surface area contributed by atoms with Gasteiger partial charge in [-0.1, -0.05) is 41.9 Å². The van der Waals surface area contributed by atoms with Crippen molar-refractivity contribution in [3.05, 3.63) is 100.0 Å². The van der Waals surface area contributed by atoms with E-state index in [4.69, 9.17) is 16.3 Å². The molecule has 0 radical (unpaired) electrons. The third-order valence-corrected chi connectivity index (χ3v) is 6.01. The Morgan fingerprint density at radius 2 is 1.94 bits per heavy atom. The second-order valence-electron chi connectivity index (χ2n) is 7.75. The van der Waals surface area contributed by atoms with Crippen LogP contribution >= 0.6 is 11.6 Å². The highest BCUT2D eigenvalue weighted by Gasteiger charge is 2.23. The number of nitrogens with zero attached hydrogens (tertiary/aromatic N) is 1. The number of carbonyl (C=O) groups is 1. The molecule has 3 aromatic carbocycles. The molecule has 170 valence electrons. The molecule has 0 unspecified atom stereocenters. The number of carboxylic acids is 1. The number of hydrogen-bond donors (Lipinski definition) is 2. The number of benzene rings is 3. The van der Waals surface area contributed by atoms with Crippen molar-refractivity contribution < 1.29 is 19.0 Å². The van der Waals surface area contributed by atoms with Crippen LogP contribution in [0.25, 0.3) is 10.9 Å². The van der Waals surface area contributed by atoms with Gasteiger partial charge < -0.3 is 19.7 Å². The van der Waals surface area contributed by atoms with Crippen molar-refractivity contribution in [3.8, 4) is 5.75 Å². The van der Waals surface area contributed by atoms with E-state index in [1.807, 2.05) is 42.5 Å². The fraction of sp³-hybridized carbons (Fsp3) is 0.192. The number of nitrogens with one attached hydrogen (secondary N) is 1. The molecule has 1 heterocycles. The van der Waals surface area contributed by atoms with Crippen LogP contribution in [0.3, 0.4) is 0 Å². The maximum atomic E-state index is 13.8. The Balaban J connectivity index is 1.68. The maximum Gasteiger partial charge on any atom is 0.352 e. The molecule has 0 atom stereocenters. The molecule has 2 N–H and O–H groups in total. The SMILES string of the molecule is COc1ccc2c(CNCCc3ccccc3Cl)c(C(=O)O)n(Cc3cccc(F)c3)c2c1. The molecule has 4 aromatic rings. The average molecular weight is 467 g/mol. The largest absolute Gasteiger partial charge is 0.497 e. The lowest BCUT2D eigenvalue weighted by atomic mass is 10.1. The van der Waals surface area contributed by atoms with Crippen molar-refractivity contribution in [1.82, 2.24) is 9.88 Å². The molecule has 0 amide bonds. The van der Waals surface area contributed by atoms with Crippen molar-refractivity contribution in [2.75, 3.05) is 13.7 Å². The summed E-state index contributed by atoms with van der Waals surface area (Å²) in [6, 6.07) is 19.3. The van der Waals surface area contributed by atoms with E-state index < -0.39 is 5.97 Å². The monoisotopic (exact) mass is 466 g/mol. The fourth-order valence-electron chi connectivity index (χ4n) is 4.07. The van der Waals surface area contributed by atoms with E-state index in [2.05, 4.69) is 5.32 Å². The molecule has 0 bridgehead atoms. The predicted octanol–water partition coefficient (Wildman–Crippen LogP) is 5.52. The Hall–Kier alpha value is -3.35. The highest BCUT2D eigenvalue weighted by Crippen LogP contribution is 2.31. The molecule has 4 rings (SSSR count). The first-order valence-corrected chi connectivity index (χ1v) is 11.0. The third-order valence-electron chi connectivity index (χ3n) is 5.64. The smallest absolute Gasteiger partial charge is 0.352 e. The Kier molecular flexibility index (Phi) is 6.96. The van der Waals surface area contributed by atoms with Crippen LogP contribution in [0.5, 0.6) is 5.75 Å². The van der Waals surface area contributed by atoms with Crippen molar-refractivity contribution >= 4 is 28.5 Å². The first-order chi connectivity index (χ1) is 16.0. The van der Waals surface area contributed by atoms with E-state index in [0.29, 0.717) is 35.0 Å². The van der Waals surface area contributed by atoms with Crippen LogP contribution < -0.4 is 10.1 Å². The minimum atomic E-state index is -1.04. The number of ether oxygens (including phenoxy) is 1. The molecule has 0 aliphatic carbocycles. The van der Waals surface area contributed by atoms with E-state index in [-0.39, 0.29) is 18.1 Å². The number of aromatic carboxylic acids is 1. The van der Waals surface area contributed by atoms with Crippen LogP contribution in [0.15, 0.2) is 66.7 Å². The van der Waals surface area contributed by atoms with Gasteiger partial charge in [0.1, 0.15) is 17.3 Å². The van der Waals surface area contributed by atoms with Crippen LogP contribution in [-0.4, -0.2) is 29.3 Å². The molecular formula is C26H24ClFN2O3. The Morgan fingerprint density at radius 1 is 1.12 bits per heavy atom. The highest BCUT2D eigenvalue weighted by molar-refractivity contribution is 6.31. The van der Waals surface area contributed by atoms with Crippen LogP contribution in [0.4, 0.5) is 4.39 Å². The molecule has 1 aromatic heterocycles. The summed E-state index contributed by atoms with van der Waals surface area (Å²) < 4.78 is 20.9. The molecule has 0 fully saturated rings. The van der Waals surface area contributed by atoms with Crippen molar-refractivity contribution in [1.29, 1.82) is 0 Å². The third kappa shape index (κ3) is 5.02. The van der Waals surface area contributed by atoms with Gasteiger partial charge in [0.15, 0.2) is 0 Å². The number of hydrogen-bond acceptors (Lipinski definition) is 3. The topological polar surface area (TPSA) is 63.5 Å². The number of aromatic nitrogens is 1. The summed E-state index contributed by atoms with van der Waals surface area (Å²) in [6.45, 7) is 1.23. The number of halogens is 2. The minimum absolute atomic E-state index is 0.174. The van der Waals surface area contributed by atoms with Crippen LogP contribution in [0.2, 0.25) is 5.02 Å². The van der Waals surface area contributed by atoms with Crippen LogP contribution in [0.1, 0.15) is 27.2 Å². The lowest BCUT2D eigenvalue weighted by Crippen LogP contribution is -2.19. The van der Waals surface area contributed by atoms with Gasteiger partial charge in [-0.05, 0) is 54.4 Å². The van der Waals surface area contributed by atoms with E-state index >= 15 is 0 Å². The van der Waals surface area contributed by atoms with E-state index in [1.54, 1.807) is 23.8 Å². The molecule has 0 aliphatic rings. The lowest BCUT2D eigenvalue weighted by Gasteiger charge is -2.11. The number of carboxylic acid groups (broad SMARTS) is 1. The number of rotatable bonds is 9. The minimum Gasteiger partial charge on any atom is -0.497 e. The van der Waals surface area contributed by atoms with Gasteiger partial charge in [-0.3, -0.25) is 0 Å². The summed E-state index contributed by atoms with van der Waals surface area (Å²) in [5, 5.41) is 15.0. The van der Waals surface area contributed by atoms with Crippen molar-refractivity contribution in [3.63, 3.8) is 0 Å². The summed E-state index contributed by atoms with van der Waals surface area (Å²) >= 11 is 6.24. The number of methoxy groups -OCH3 is 1. The van der Waals surface area contributed by atoms with Gasteiger partial charge in [-0.2, -0.15) is 0 Å². The second kappa shape index (κ2) is 10.1. The highest BCUT2D eigenvalue weighted by atomic mass is 35.5. The molecule has 7 heteroatoms. The molecule has 0 aliphatic heterocycles. The summed E-state index contributed by atoms with van der Waals surface area (Å²) in [4.78, 5) is 12.4. The zero-order valence-electron chi connectivity index (χ0n) is 18.1. The normalized spacial score (nSPS) is 11.1. The standard InChI is InChI=1S/C26H24ClFN2O3/c1-33-20-9-10-21-22(15-29-12-11-18-6-2-3-8-23(18)27)25(26(31)32)30(24(21)14-20)16-17-5-4-7-19(28)13-17/h2-10,13-14,29H,11-12,15-16H2,1H3,(H,31,32). The molecular weight excluding hydrogens is 443 g/mol. The van der Waals surface area contributed by atoms with Gasteiger partial charge >= 0.3 is 5.97 Å². The zero-order chi connectivity index (χ0) is 23.4. The van der Waals surface area contributed by atoms with E-state index in [0.717, 1.165) is 22.9 Å². The lowest BCUT2D eigenvalue weighted by molar-refractivity contribution is 0.0684. The van der Waals surface area contributed by atoms with Crippen LogP contribution in [0, 0.1) is 5.82 Å². The summed E-state index contributed by atoms with van der Waals surface area (Å²) in [5.74, 6) is -0.778. The fourth-order valence-corrected chi connectivity index (χ4v) is 4.30. The van der Waals surface area contributed by atoms with Gasteiger partial charge in [-0.25, -0.2) is 9.18 Å². The Bertz CT molecular complexity index is 1300. The van der Waals surface area contributed by atoms with Gasteiger partial charge in [0.05, 0.1) is 12.6 Å². The van der Waals surface area contributed by atoms with Crippen LogP contribution in [-0.2, 0) is 19.5 Å². The molecule has 5 nitrogen and oxygen atoms in total. The van der Waals surface area contributed by atoms with Gasteiger partial charge in [0.2, 0.25) is 0 Å². The maximum absolute atomic E-state index is 13.8. The molecule has 0 spiro atoms. The van der Waals surface area contributed by atoms with E-state index in [1.165, 1.54) is 12.1 Å². The Morgan fingerprint density at radius 3 is 2.67 bits per heavy atom. The van der Waals surface area contributed by atoms with Crippen molar-refractivity contribution in [2.45, 2.75) is 19.5 Å². The first kappa shape index (κ1) is 22.8. The molecule has 0 saturated carbocycles. The first-order valence-electron chi connectivity index (χ1n) is 10.6. The predicted molar refractivity (Wildman–Crippen MR) is 128 cm³/mol. The average Bonchev–Trinajstić information content (AvgIpc) is 3.10. The van der Waals surface area contributed by atoms with Gasteiger partial charge in [-0.15, -0.1) is 0 Å². The summed E-state index contributed by atoms with van der Waals surface area (Å²) in [6.07, 6.45) is 0.720. The van der Waals surface area contributed by atoms with Gasteiger partial charge in [0.25, 0.3) is 0 Å². The number of fused-ring (bicyclic) bond motifs is 1. The quantitative estimate of drug-likeness (QED) is 0.319. The molecule has 33 heavy (non-hydrogen) atoms. The Labute approximate surface area is 196 Å². The molecule has 0 saturated heterocycles. The zero-order valence-corrected chi connectivity index (χ0v) is 18.9. The summed E-state index contributed by atoms with van der Waals surface area (Å²) in [7, 11) is 1.57. The van der Waals surface area contributed by atoms with Gasteiger partial charge in [0, 0.05) is 35.1 Å². The second-order valence-corrected chi connectivity index (χ2v) is 8.16. The summed E-state index contributed by atoms with van der Waals surface area (Å²) in [5.41, 5.74) is 3.28.